The van der Waals surface area contributed by atoms with E-state index in [1.165, 1.54) is 12.4 Å². The number of rotatable bonds is 1. The minimum atomic E-state index is -0.491. The molecule has 2 fully saturated rings. The fourth-order valence-corrected chi connectivity index (χ4v) is 2.82. The zero-order chi connectivity index (χ0) is 13.8. The van der Waals surface area contributed by atoms with Gasteiger partial charge in [-0.15, -0.1) is 0 Å². The van der Waals surface area contributed by atoms with E-state index in [4.69, 9.17) is 4.74 Å². The minimum absolute atomic E-state index is 0.207. The number of amides is 1. The molecule has 5 nitrogen and oxygen atoms in total. The SMILES string of the molecule is CC(C)(C)OC(=O)N1CC2CC2(n2cc(F)cn2)C1. The molecule has 2 atom stereocenters. The quantitative estimate of drug-likeness (QED) is 0.781. The Balaban J connectivity index is 1.70. The van der Waals surface area contributed by atoms with Gasteiger partial charge in [-0.2, -0.15) is 5.10 Å². The highest BCUT2D eigenvalue weighted by molar-refractivity contribution is 5.69. The molecule has 2 aliphatic rings. The number of hydrogen-bond donors (Lipinski definition) is 0. The second-order valence-corrected chi connectivity index (χ2v) is 6.47. The van der Waals surface area contributed by atoms with Crippen LogP contribution in [0.2, 0.25) is 0 Å². The predicted octanol–water partition coefficient (Wildman–Crippen LogP) is 1.99. The summed E-state index contributed by atoms with van der Waals surface area (Å²) in [6.45, 7) is 6.76. The fourth-order valence-electron chi connectivity index (χ4n) is 2.82. The summed E-state index contributed by atoms with van der Waals surface area (Å²) < 4.78 is 20.1. The summed E-state index contributed by atoms with van der Waals surface area (Å²) >= 11 is 0. The first-order valence-corrected chi connectivity index (χ1v) is 6.49. The molecule has 1 aliphatic heterocycles. The Morgan fingerprint density at radius 3 is 2.89 bits per heavy atom. The molecule has 19 heavy (non-hydrogen) atoms. The average Bonchev–Trinajstić information content (AvgIpc) is 2.68. The Morgan fingerprint density at radius 1 is 1.58 bits per heavy atom. The lowest BCUT2D eigenvalue weighted by Crippen LogP contribution is -2.38. The van der Waals surface area contributed by atoms with Gasteiger partial charge in [-0.05, 0) is 27.2 Å². The monoisotopic (exact) mass is 267 g/mol. The first-order chi connectivity index (χ1) is 8.80. The summed E-state index contributed by atoms with van der Waals surface area (Å²) in [6, 6.07) is 0. The van der Waals surface area contributed by atoms with Crippen LogP contribution < -0.4 is 0 Å². The molecule has 1 amide bonds. The van der Waals surface area contributed by atoms with E-state index < -0.39 is 5.60 Å². The molecule has 0 N–H and O–H groups in total. The van der Waals surface area contributed by atoms with Crippen molar-refractivity contribution in [2.24, 2.45) is 5.92 Å². The van der Waals surface area contributed by atoms with Crippen LogP contribution >= 0.6 is 0 Å². The third-order valence-electron chi connectivity index (χ3n) is 3.76. The second kappa shape index (κ2) is 3.71. The van der Waals surface area contributed by atoms with Crippen molar-refractivity contribution < 1.29 is 13.9 Å². The molecule has 0 aromatic carbocycles. The third kappa shape index (κ3) is 2.09. The number of nitrogens with zero attached hydrogens (tertiary/aromatic N) is 3. The highest BCUT2D eigenvalue weighted by Gasteiger charge is 2.63. The maximum atomic E-state index is 13.1. The Hall–Kier alpha value is -1.59. The van der Waals surface area contributed by atoms with Crippen molar-refractivity contribution in [3.63, 3.8) is 0 Å². The topological polar surface area (TPSA) is 47.4 Å². The summed E-state index contributed by atoms with van der Waals surface area (Å²) in [5, 5.41) is 4.04. The molecule has 1 saturated heterocycles. The zero-order valence-corrected chi connectivity index (χ0v) is 11.4. The van der Waals surface area contributed by atoms with E-state index >= 15 is 0 Å². The highest BCUT2D eigenvalue weighted by Crippen LogP contribution is 2.55. The van der Waals surface area contributed by atoms with Gasteiger partial charge in [0.05, 0.1) is 17.9 Å². The number of carbonyl (C=O) groups is 1. The molecule has 1 saturated carbocycles. The van der Waals surface area contributed by atoms with E-state index in [0.717, 1.165) is 6.42 Å². The number of aromatic nitrogens is 2. The molecule has 1 aliphatic carbocycles. The third-order valence-corrected chi connectivity index (χ3v) is 3.76. The standard InChI is InChI=1S/C13H18FN3O2/c1-12(2,3)19-11(18)16-6-9-4-13(9,8-16)17-7-10(14)5-15-17/h5,7,9H,4,6,8H2,1-3H3. The summed E-state index contributed by atoms with van der Waals surface area (Å²) in [6.07, 6.45) is 3.26. The number of halogens is 1. The van der Waals surface area contributed by atoms with Crippen molar-refractivity contribution in [3.8, 4) is 0 Å². The van der Waals surface area contributed by atoms with Gasteiger partial charge in [0.2, 0.25) is 0 Å². The Bertz CT molecular complexity index is 522. The van der Waals surface area contributed by atoms with Gasteiger partial charge in [-0.1, -0.05) is 0 Å². The Labute approximate surface area is 111 Å². The van der Waals surface area contributed by atoms with Gasteiger partial charge < -0.3 is 9.64 Å². The van der Waals surface area contributed by atoms with Crippen LogP contribution in [0.5, 0.6) is 0 Å². The molecule has 3 rings (SSSR count). The molecule has 1 aromatic rings. The van der Waals surface area contributed by atoms with Crippen LogP contribution in [0.1, 0.15) is 27.2 Å². The molecule has 0 spiro atoms. The van der Waals surface area contributed by atoms with Gasteiger partial charge in [0, 0.05) is 19.0 Å². The van der Waals surface area contributed by atoms with Crippen molar-refractivity contribution in [3.05, 3.63) is 18.2 Å². The van der Waals surface area contributed by atoms with Gasteiger partial charge in [0.15, 0.2) is 5.82 Å². The van der Waals surface area contributed by atoms with Crippen LogP contribution in [0.3, 0.4) is 0 Å². The fraction of sp³-hybridized carbons (Fsp3) is 0.692. The van der Waals surface area contributed by atoms with E-state index in [2.05, 4.69) is 5.10 Å². The first kappa shape index (κ1) is 12.4. The maximum absolute atomic E-state index is 13.1. The smallest absolute Gasteiger partial charge is 0.410 e. The molecule has 1 aromatic heterocycles. The molecule has 0 radical (unpaired) electrons. The summed E-state index contributed by atoms with van der Waals surface area (Å²) in [4.78, 5) is 13.7. The van der Waals surface area contributed by atoms with E-state index in [-0.39, 0.29) is 17.4 Å². The van der Waals surface area contributed by atoms with E-state index in [0.29, 0.717) is 19.0 Å². The van der Waals surface area contributed by atoms with Crippen molar-refractivity contribution in [1.29, 1.82) is 0 Å². The molecule has 6 heteroatoms. The van der Waals surface area contributed by atoms with Crippen LogP contribution in [0, 0.1) is 11.7 Å². The van der Waals surface area contributed by atoms with Gasteiger partial charge in [0.1, 0.15) is 5.60 Å². The van der Waals surface area contributed by atoms with Gasteiger partial charge in [0.25, 0.3) is 0 Å². The molecular formula is C13H18FN3O2. The molecular weight excluding hydrogens is 249 g/mol. The first-order valence-electron chi connectivity index (χ1n) is 6.49. The van der Waals surface area contributed by atoms with Crippen molar-refractivity contribution >= 4 is 6.09 Å². The van der Waals surface area contributed by atoms with Gasteiger partial charge in [-0.3, -0.25) is 4.68 Å². The zero-order valence-electron chi connectivity index (χ0n) is 11.4. The summed E-state index contributed by atoms with van der Waals surface area (Å²) in [7, 11) is 0. The van der Waals surface area contributed by atoms with Crippen LogP contribution in [-0.2, 0) is 10.3 Å². The van der Waals surface area contributed by atoms with E-state index in [1.807, 2.05) is 20.8 Å². The highest BCUT2D eigenvalue weighted by atomic mass is 19.1. The van der Waals surface area contributed by atoms with Crippen LogP contribution in [0.4, 0.5) is 9.18 Å². The molecule has 104 valence electrons. The number of carbonyl (C=O) groups excluding carboxylic acids is 1. The molecule has 2 heterocycles. The van der Waals surface area contributed by atoms with Crippen molar-refractivity contribution in [2.45, 2.75) is 38.3 Å². The predicted molar refractivity (Wildman–Crippen MR) is 66.1 cm³/mol. The second-order valence-electron chi connectivity index (χ2n) is 6.47. The van der Waals surface area contributed by atoms with Crippen LogP contribution in [-0.4, -0.2) is 39.5 Å². The number of fused-ring (bicyclic) bond motifs is 1. The van der Waals surface area contributed by atoms with Crippen LogP contribution in [0.25, 0.3) is 0 Å². The maximum Gasteiger partial charge on any atom is 0.410 e. The van der Waals surface area contributed by atoms with E-state index in [9.17, 15) is 9.18 Å². The van der Waals surface area contributed by atoms with Crippen molar-refractivity contribution in [1.82, 2.24) is 14.7 Å². The lowest BCUT2D eigenvalue weighted by atomic mass is 10.2. The van der Waals surface area contributed by atoms with E-state index in [1.54, 1.807) is 9.58 Å². The number of ether oxygens (including phenoxy) is 1. The normalized spacial score (nSPS) is 29.3. The number of piperidine rings is 1. The lowest BCUT2D eigenvalue weighted by molar-refractivity contribution is 0.0261. The largest absolute Gasteiger partial charge is 0.444 e. The van der Waals surface area contributed by atoms with Crippen molar-refractivity contribution in [2.75, 3.05) is 13.1 Å². The van der Waals surface area contributed by atoms with Gasteiger partial charge in [-0.25, -0.2) is 9.18 Å². The number of hydrogen-bond acceptors (Lipinski definition) is 3. The Kier molecular flexibility index (Phi) is 2.43. The molecule has 2 unspecified atom stereocenters. The van der Waals surface area contributed by atoms with Crippen LogP contribution in [0.15, 0.2) is 12.4 Å². The number of likely N-dealkylation sites (tertiary alicyclic amines) is 1. The molecule has 0 bridgehead atoms. The lowest BCUT2D eigenvalue weighted by Gasteiger charge is -2.26. The van der Waals surface area contributed by atoms with Gasteiger partial charge >= 0.3 is 6.09 Å². The summed E-state index contributed by atoms with van der Waals surface area (Å²) in [5.74, 6) is 0.0232. The summed E-state index contributed by atoms with van der Waals surface area (Å²) in [5.41, 5.74) is -0.698. The minimum Gasteiger partial charge on any atom is -0.444 e. The Morgan fingerprint density at radius 2 is 2.32 bits per heavy atom. The average molecular weight is 267 g/mol.